The van der Waals surface area contributed by atoms with E-state index in [1.807, 2.05) is 38.1 Å². The lowest BCUT2D eigenvalue weighted by Crippen LogP contribution is -2.42. The van der Waals surface area contributed by atoms with Crippen molar-refractivity contribution in [1.29, 1.82) is 0 Å². The number of carbonyl (C=O) groups is 1. The number of amides is 1. The third kappa shape index (κ3) is 4.03. The highest BCUT2D eigenvalue weighted by Gasteiger charge is 2.46. The van der Waals surface area contributed by atoms with Crippen LogP contribution in [0.5, 0.6) is 0 Å². The number of carbonyl (C=O) groups excluding carboxylic acids is 1. The molecule has 5 N–H and O–H groups in total. The van der Waals surface area contributed by atoms with Crippen LogP contribution < -0.4 is 5.32 Å². The molecule has 8 nitrogen and oxygen atoms in total. The summed E-state index contributed by atoms with van der Waals surface area (Å²) in [5.41, 5.74) is 3.14. The molecule has 1 fully saturated rings. The SMILES string of the molecule is CC1(C)O/C(=C2/C(=O)Nc3ccc(F)cc32)C=C1c1ccc(CN2C(CO)[C@@H](O)[C@H](O)[C@H]2CO)cc1. The number of hydrogen-bond acceptors (Lipinski definition) is 7. The first-order valence-electron chi connectivity index (χ1n) is 11.8. The normalized spacial score (nSPS) is 29.2. The molecule has 1 saturated heterocycles. The Morgan fingerprint density at radius 1 is 1.03 bits per heavy atom. The molecule has 9 heteroatoms. The van der Waals surface area contributed by atoms with Gasteiger partial charge in [-0.15, -0.1) is 0 Å². The molecule has 0 radical (unpaired) electrons. The van der Waals surface area contributed by atoms with Crippen molar-refractivity contribution in [3.05, 3.63) is 76.8 Å². The van der Waals surface area contributed by atoms with Crippen LogP contribution in [0.25, 0.3) is 11.1 Å². The molecule has 0 bridgehead atoms. The van der Waals surface area contributed by atoms with Crippen LogP contribution >= 0.6 is 0 Å². The van der Waals surface area contributed by atoms with Gasteiger partial charge in [0.2, 0.25) is 0 Å². The lowest BCUT2D eigenvalue weighted by molar-refractivity contribution is -0.111. The van der Waals surface area contributed by atoms with E-state index in [0.29, 0.717) is 29.1 Å². The number of rotatable bonds is 5. The molecular weight excluding hydrogens is 467 g/mol. The number of aliphatic hydroxyl groups excluding tert-OH is 4. The van der Waals surface area contributed by atoms with E-state index in [0.717, 1.165) is 16.7 Å². The van der Waals surface area contributed by atoms with Crippen molar-refractivity contribution in [1.82, 2.24) is 4.90 Å². The number of fused-ring (bicyclic) bond motifs is 1. The number of nitrogens with one attached hydrogen (secondary N) is 1. The van der Waals surface area contributed by atoms with Crippen LogP contribution in [0.2, 0.25) is 0 Å². The van der Waals surface area contributed by atoms with Crippen LogP contribution in [-0.2, 0) is 16.1 Å². The Morgan fingerprint density at radius 3 is 2.28 bits per heavy atom. The molecule has 3 heterocycles. The van der Waals surface area contributed by atoms with Crippen molar-refractivity contribution in [2.45, 2.75) is 50.3 Å². The molecule has 0 aromatic heterocycles. The third-order valence-corrected chi connectivity index (χ3v) is 7.26. The zero-order valence-electron chi connectivity index (χ0n) is 20.0. The Balaban J connectivity index is 1.44. The molecular formula is C27H29FN2O6. The fraction of sp³-hybridized carbons (Fsp3) is 0.370. The van der Waals surface area contributed by atoms with Gasteiger partial charge < -0.3 is 30.5 Å². The van der Waals surface area contributed by atoms with E-state index < -0.39 is 35.7 Å². The van der Waals surface area contributed by atoms with Crippen LogP contribution in [0.4, 0.5) is 10.1 Å². The summed E-state index contributed by atoms with van der Waals surface area (Å²) in [4.78, 5) is 14.4. The maximum atomic E-state index is 13.9. The van der Waals surface area contributed by atoms with Gasteiger partial charge in [0.25, 0.3) is 5.91 Å². The summed E-state index contributed by atoms with van der Waals surface area (Å²) < 4.78 is 20.1. The highest BCUT2D eigenvalue weighted by molar-refractivity contribution is 6.32. The van der Waals surface area contributed by atoms with Crippen LogP contribution in [0.3, 0.4) is 0 Å². The molecule has 5 rings (SSSR count). The van der Waals surface area contributed by atoms with Gasteiger partial charge in [0.1, 0.15) is 17.2 Å². The highest BCUT2D eigenvalue weighted by Crippen LogP contribution is 2.44. The molecule has 3 aliphatic rings. The van der Waals surface area contributed by atoms with E-state index in [4.69, 9.17) is 4.74 Å². The molecule has 2 aromatic rings. The third-order valence-electron chi connectivity index (χ3n) is 7.26. The minimum Gasteiger partial charge on any atom is -0.482 e. The van der Waals surface area contributed by atoms with Crippen molar-refractivity contribution >= 4 is 22.7 Å². The van der Waals surface area contributed by atoms with E-state index in [2.05, 4.69) is 5.32 Å². The zero-order chi connectivity index (χ0) is 25.8. The lowest BCUT2D eigenvalue weighted by atomic mass is 9.91. The second-order valence-electron chi connectivity index (χ2n) is 9.90. The van der Waals surface area contributed by atoms with Crippen molar-refractivity contribution in [3.8, 4) is 0 Å². The average Bonchev–Trinajstić information content (AvgIpc) is 3.41. The summed E-state index contributed by atoms with van der Waals surface area (Å²) in [5.74, 6) is -0.413. The number of benzene rings is 2. The minimum absolute atomic E-state index is 0.292. The van der Waals surface area contributed by atoms with Crippen molar-refractivity contribution < 1.29 is 34.3 Å². The fourth-order valence-corrected chi connectivity index (χ4v) is 5.36. The smallest absolute Gasteiger partial charge is 0.260 e. The molecule has 0 spiro atoms. The van der Waals surface area contributed by atoms with Gasteiger partial charge in [-0.2, -0.15) is 0 Å². The Bertz CT molecular complexity index is 1240. The molecule has 0 aliphatic carbocycles. The average molecular weight is 497 g/mol. The number of nitrogens with zero attached hydrogens (tertiary/aromatic N) is 1. The Morgan fingerprint density at radius 2 is 1.67 bits per heavy atom. The van der Waals surface area contributed by atoms with Gasteiger partial charge in [-0.25, -0.2) is 4.39 Å². The summed E-state index contributed by atoms with van der Waals surface area (Å²) in [7, 11) is 0. The first-order valence-corrected chi connectivity index (χ1v) is 11.8. The van der Waals surface area contributed by atoms with Gasteiger partial charge in [-0.3, -0.25) is 9.69 Å². The summed E-state index contributed by atoms with van der Waals surface area (Å²) in [6, 6.07) is 10.4. The maximum Gasteiger partial charge on any atom is 0.260 e. The fourth-order valence-electron chi connectivity index (χ4n) is 5.36. The molecule has 3 aliphatic heterocycles. The van der Waals surface area contributed by atoms with Gasteiger partial charge >= 0.3 is 0 Å². The Labute approximate surface area is 207 Å². The van der Waals surface area contributed by atoms with Crippen LogP contribution in [0.15, 0.2) is 54.3 Å². The maximum absolute atomic E-state index is 13.9. The topological polar surface area (TPSA) is 122 Å². The minimum atomic E-state index is -1.15. The van der Waals surface area contributed by atoms with Gasteiger partial charge in [-0.1, -0.05) is 24.3 Å². The number of likely N-dealkylation sites (tertiary alicyclic amines) is 1. The summed E-state index contributed by atoms with van der Waals surface area (Å²) in [5, 5.41) is 42.6. The molecule has 1 amide bonds. The predicted octanol–water partition coefficient (Wildman–Crippen LogP) is 1.64. The van der Waals surface area contributed by atoms with Crippen molar-refractivity contribution in [2.75, 3.05) is 18.5 Å². The molecule has 0 saturated carbocycles. The summed E-state index contributed by atoms with van der Waals surface area (Å²) in [6.45, 7) is 3.42. The number of anilines is 1. The lowest BCUT2D eigenvalue weighted by Gasteiger charge is -2.28. The van der Waals surface area contributed by atoms with Gasteiger partial charge in [0, 0.05) is 23.4 Å². The quantitative estimate of drug-likeness (QED) is 0.399. The Kier molecular flexibility index (Phi) is 6.22. The molecule has 1 unspecified atom stereocenters. The number of aliphatic hydroxyl groups is 4. The first-order chi connectivity index (χ1) is 17.1. The van der Waals surface area contributed by atoms with Crippen molar-refractivity contribution in [3.63, 3.8) is 0 Å². The zero-order valence-corrected chi connectivity index (χ0v) is 20.0. The van der Waals surface area contributed by atoms with Gasteiger partial charge in [0.05, 0.1) is 43.1 Å². The number of halogens is 1. The predicted molar refractivity (Wildman–Crippen MR) is 131 cm³/mol. The van der Waals surface area contributed by atoms with Crippen LogP contribution in [-0.4, -0.2) is 74.3 Å². The second kappa shape index (κ2) is 9.10. The Hall–Kier alpha value is -3.08. The number of allylic oxidation sites excluding steroid dienone is 1. The summed E-state index contributed by atoms with van der Waals surface area (Å²) >= 11 is 0. The second-order valence-corrected chi connectivity index (χ2v) is 9.90. The monoisotopic (exact) mass is 496 g/mol. The van der Waals surface area contributed by atoms with Gasteiger partial charge in [-0.05, 0) is 49.2 Å². The standard InChI is InChI=1S/C27H29FN2O6/c1-27(2)18(10-22(36-27)23-17-9-16(28)7-8-19(17)29-26(23)35)15-5-3-14(4-6-15)11-30-20(12-31)24(33)25(34)21(30)13-32/h3-10,20-21,24-25,31-34H,11-13H2,1-2H3,(H,29,35)/b23-22+/t20-,21?,24-,25-/m1/s1. The van der Waals surface area contributed by atoms with E-state index in [1.54, 1.807) is 11.0 Å². The van der Waals surface area contributed by atoms with E-state index in [1.165, 1.54) is 18.2 Å². The number of ether oxygens (including phenoxy) is 1. The van der Waals surface area contributed by atoms with Gasteiger partial charge in [0.15, 0.2) is 0 Å². The van der Waals surface area contributed by atoms with Crippen molar-refractivity contribution in [2.24, 2.45) is 0 Å². The first kappa shape index (κ1) is 24.6. The van der Waals surface area contributed by atoms with Crippen LogP contribution in [0, 0.1) is 5.82 Å². The number of hydrogen-bond donors (Lipinski definition) is 5. The van der Waals surface area contributed by atoms with Crippen LogP contribution in [0.1, 0.15) is 30.5 Å². The van der Waals surface area contributed by atoms with E-state index >= 15 is 0 Å². The molecule has 4 atom stereocenters. The summed E-state index contributed by atoms with van der Waals surface area (Å²) in [6.07, 6.45) is -0.488. The molecule has 36 heavy (non-hydrogen) atoms. The molecule has 190 valence electrons. The van der Waals surface area contributed by atoms with E-state index in [9.17, 15) is 29.6 Å². The van der Waals surface area contributed by atoms with E-state index in [-0.39, 0.29) is 19.1 Å². The molecule has 2 aromatic carbocycles. The largest absolute Gasteiger partial charge is 0.482 e. The highest BCUT2D eigenvalue weighted by atomic mass is 19.1.